The summed E-state index contributed by atoms with van der Waals surface area (Å²) >= 11 is 0. The van der Waals surface area contributed by atoms with Crippen molar-refractivity contribution in [1.82, 2.24) is 5.32 Å². The smallest absolute Gasteiger partial charge is 0.414 e. The standard InChI is InChI=1S/C20H27FN4O5/c1-13(26)23-10-16-11-25(19(27)29-16)14-2-3-18(17(21)8-14)24-6-4-20(5-7-24)28-12-15(9-22)30-20/h2-3,8,15-16H,4-7,9-12,22H2,1H3,(H,23,26)/t15-,16?/m0/s1. The summed E-state index contributed by atoms with van der Waals surface area (Å²) in [4.78, 5) is 26.5. The van der Waals surface area contributed by atoms with Gasteiger partial charge in [0.15, 0.2) is 5.79 Å². The van der Waals surface area contributed by atoms with Crippen molar-refractivity contribution in [3.63, 3.8) is 0 Å². The lowest BCUT2D eigenvalue weighted by molar-refractivity contribution is -0.179. The van der Waals surface area contributed by atoms with Crippen LogP contribution in [0.25, 0.3) is 0 Å². The Morgan fingerprint density at radius 1 is 1.33 bits per heavy atom. The fourth-order valence-corrected chi connectivity index (χ4v) is 4.10. The first-order chi connectivity index (χ1) is 14.4. The number of piperidine rings is 1. The molecule has 3 heterocycles. The summed E-state index contributed by atoms with van der Waals surface area (Å²) < 4.78 is 31.9. The number of halogens is 1. The van der Waals surface area contributed by atoms with Gasteiger partial charge < -0.3 is 30.2 Å². The number of ether oxygens (including phenoxy) is 3. The van der Waals surface area contributed by atoms with Crippen molar-refractivity contribution >= 4 is 23.4 Å². The van der Waals surface area contributed by atoms with Crippen molar-refractivity contribution in [3.8, 4) is 0 Å². The molecule has 2 amide bonds. The van der Waals surface area contributed by atoms with Crippen molar-refractivity contribution in [1.29, 1.82) is 0 Å². The summed E-state index contributed by atoms with van der Waals surface area (Å²) in [6, 6.07) is 4.72. The van der Waals surface area contributed by atoms with Gasteiger partial charge in [-0.15, -0.1) is 0 Å². The van der Waals surface area contributed by atoms with Crippen LogP contribution in [0.2, 0.25) is 0 Å². The average molecular weight is 422 g/mol. The molecule has 3 aliphatic heterocycles. The number of anilines is 2. The predicted octanol–water partition coefficient (Wildman–Crippen LogP) is 0.958. The van der Waals surface area contributed by atoms with E-state index in [0.717, 1.165) is 0 Å². The van der Waals surface area contributed by atoms with Gasteiger partial charge in [-0.2, -0.15) is 0 Å². The molecule has 1 unspecified atom stereocenters. The Kier molecular flexibility index (Phi) is 5.81. The second kappa shape index (κ2) is 8.37. The summed E-state index contributed by atoms with van der Waals surface area (Å²) in [5.41, 5.74) is 6.56. The van der Waals surface area contributed by atoms with E-state index >= 15 is 0 Å². The zero-order chi connectivity index (χ0) is 21.3. The second-order valence-electron chi connectivity index (χ2n) is 7.87. The molecule has 3 fully saturated rings. The first kappa shape index (κ1) is 20.8. The zero-order valence-corrected chi connectivity index (χ0v) is 16.9. The first-order valence-electron chi connectivity index (χ1n) is 10.2. The molecule has 9 nitrogen and oxygen atoms in total. The van der Waals surface area contributed by atoms with Gasteiger partial charge in [-0.3, -0.25) is 9.69 Å². The number of nitrogens with two attached hydrogens (primary N) is 1. The highest BCUT2D eigenvalue weighted by molar-refractivity contribution is 5.90. The fourth-order valence-electron chi connectivity index (χ4n) is 4.10. The molecular formula is C20H27FN4O5. The monoisotopic (exact) mass is 422 g/mol. The molecule has 30 heavy (non-hydrogen) atoms. The third-order valence-corrected chi connectivity index (χ3v) is 5.74. The van der Waals surface area contributed by atoms with Gasteiger partial charge >= 0.3 is 6.09 Å². The van der Waals surface area contributed by atoms with Gasteiger partial charge in [0.05, 0.1) is 37.2 Å². The minimum absolute atomic E-state index is 0.0812. The molecule has 164 valence electrons. The number of rotatable bonds is 5. The van der Waals surface area contributed by atoms with E-state index < -0.39 is 23.8 Å². The Morgan fingerprint density at radius 2 is 2.10 bits per heavy atom. The van der Waals surface area contributed by atoms with Gasteiger partial charge in [-0.1, -0.05) is 0 Å². The van der Waals surface area contributed by atoms with Crippen LogP contribution in [-0.4, -0.2) is 69.3 Å². The topological polar surface area (TPSA) is 106 Å². The van der Waals surface area contributed by atoms with Crippen molar-refractivity contribution in [3.05, 3.63) is 24.0 Å². The highest BCUT2D eigenvalue weighted by atomic mass is 19.1. The van der Waals surface area contributed by atoms with Crippen LogP contribution in [0.3, 0.4) is 0 Å². The lowest BCUT2D eigenvalue weighted by Gasteiger charge is -2.39. The number of carbonyl (C=O) groups excluding carboxylic acids is 2. The Balaban J connectivity index is 1.38. The highest BCUT2D eigenvalue weighted by Gasteiger charge is 2.43. The summed E-state index contributed by atoms with van der Waals surface area (Å²) in [5.74, 6) is -1.22. The van der Waals surface area contributed by atoms with Crippen LogP contribution in [0, 0.1) is 5.82 Å². The quantitative estimate of drug-likeness (QED) is 0.728. The number of nitrogens with one attached hydrogen (secondary N) is 1. The molecular weight excluding hydrogens is 395 g/mol. The highest BCUT2D eigenvalue weighted by Crippen LogP contribution is 2.36. The van der Waals surface area contributed by atoms with Crippen LogP contribution in [0.4, 0.5) is 20.6 Å². The zero-order valence-electron chi connectivity index (χ0n) is 16.9. The molecule has 1 aromatic carbocycles. The molecule has 3 aliphatic rings. The summed E-state index contributed by atoms with van der Waals surface area (Å²) in [7, 11) is 0. The minimum Gasteiger partial charge on any atom is -0.442 e. The second-order valence-corrected chi connectivity index (χ2v) is 7.87. The van der Waals surface area contributed by atoms with E-state index in [1.807, 2.05) is 4.90 Å². The number of cyclic esters (lactones) is 1. The molecule has 4 rings (SSSR count). The molecule has 1 spiro atoms. The molecule has 3 N–H and O–H groups in total. The minimum atomic E-state index is -0.612. The third kappa shape index (κ3) is 4.21. The number of nitrogens with zero attached hydrogens (tertiary/aromatic N) is 2. The Bertz CT molecular complexity index is 814. The van der Waals surface area contributed by atoms with Crippen LogP contribution < -0.4 is 20.9 Å². The van der Waals surface area contributed by atoms with Crippen LogP contribution in [0.1, 0.15) is 19.8 Å². The molecule has 0 aromatic heterocycles. The number of benzene rings is 1. The maximum absolute atomic E-state index is 14.9. The van der Waals surface area contributed by atoms with E-state index in [4.69, 9.17) is 19.9 Å². The maximum Gasteiger partial charge on any atom is 0.414 e. The third-order valence-electron chi connectivity index (χ3n) is 5.74. The van der Waals surface area contributed by atoms with Gasteiger partial charge in [0, 0.05) is 39.4 Å². The predicted molar refractivity (Wildman–Crippen MR) is 107 cm³/mol. The van der Waals surface area contributed by atoms with Crippen molar-refractivity contribution < 1.29 is 28.2 Å². The van der Waals surface area contributed by atoms with Gasteiger partial charge in [0.1, 0.15) is 11.9 Å². The summed E-state index contributed by atoms with van der Waals surface area (Å²) in [5, 5.41) is 2.62. The lowest BCUT2D eigenvalue weighted by atomic mass is 10.0. The molecule has 0 bridgehead atoms. The van der Waals surface area contributed by atoms with E-state index in [0.29, 0.717) is 50.5 Å². The van der Waals surface area contributed by atoms with Crippen molar-refractivity contribution in [2.24, 2.45) is 5.73 Å². The fraction of sp³-hybridized carbons (Fsp3) is 0.600. The number of hydrogen-bond acceptors (Lipinski definition) is 7. The summed E-state index contributed by atoms with van der Waals surface area (Å²) in [6.45, 7) is 3.98. The van der Waals surface area contributed by atoms with Gasteiger partial charge in [-0.05, 0) is 18.2 Å². The maximum atomic E-state index is 14.9. The average Bonchev–Trinajstić information content (AvgIpc) is 3.30. The van der Waals surface area contributed by atoms with E-state index in [-0.39, 0.29) is 25.1 Å². The van der Waals surface area contributed by atoms with Crippen molar-refractivity contribution in [2.45, 2.75) is 37.8 Å². The van der Waals surface area contributed by atoms with Crippen LogP contribution >= 0.6 is 0 Å². The molecule has 0 aliphatic carbocycles. The van der Waals surface area contributed by atoms with Crippen LogP contribution in [0.5, 0.6) is 0 Å². The SMILES string of the molecule is CC(=O)NCC1CN(c2ccc(N3CCC4(CC3)OC[C@H](CN)O4)c(F)c2)C(=O)O1. The Hall–Kier alpha value is -2.43. The Morgan fingerprint density at radius 3 is 2.73 bits per heavy atom. The largest absolute Gasteiger partial charge is 0.442 e. The van der Waals surface area contributed by atoms with Crippen LogP contribution in [0.15, 0.2) is 18.2 Å². The van der Waals surface area contributed by atoms with Crippen molar-refractivity contribution in [2.75, 3.05) is 49.1 Å². The van der Waals surface area contributed by atoms with Gasteiger partial charge in [0.25, 0.3) is 0 Å². The normalized spacial score (nSPS) is 25.6. The first-order valence-corrected chi connectivity index (χ1v) is 10.2. The number of amides is 2. The van der Waals surface area contributed by atoms with Gasteiger partial charge in [0.2, 0.25) is 5.91 Å². The van der Waals surface area contributed by atoms with E-state index in [1.54, 1.807) is 12.1 Å². The lowest BCUT2D eigenvalue weighted by Crippen LogP contribution is -2.46. The number of hydrogen-bond donors (Lipinski definition) is 2. The van der Waals surface area contributed by atoms with E-state index in [1.165, 1.54) is 17.9 Å². The van der Waals surface area contributed by atoms with E-state index in [9.17, 15) is 14.0 Å². The molecule has 0 radical (unpaired) electrons. The molecule has 2 atom stereocenters. The molecule has 0 saturated carbocycles. The number of carbonyl (C=O) groups is 2. The van der Waals surface area contributed by atoms with Crippen LogP contribution in [-0.2, 0) is 19.0 Å². The molecule has 10 heteroatoms. The molecule has 3 saturated heterocycles. The molecule has 1 aromatic rings. The summed E-state index contributed by atoms with van der Waals surface area (Å²) in [6.07, 6.45) is 0.165. The Labute approximate surface area is 174 Å². The van der Waals surface area contributed by atoms with E-state index in [2.05, 4.69) is 5.32 Å². The van der Waals surface area contributed by atoms with Gasteiger partial charge in [-0.25, -0.2) is 9.18 Å².